The van der Waals surface area contributed by atoms with Crippen LogP contribution in [-0.4, -0.2) is 30.0 Å². The number of para-hydroxylation sites is 1. The summed E-state index contributed by atoms with van der Waals surface area (Å²) in [5, 5.41) is 4.40. The average Bonchev–Trinajstić information content (AvgIpc) is 3.06. The van der Waals surface area contributed by atoms with Crippen molar-refractivity contribution in [3.63, 3.8) is 0 Å². The van der Waals surface area contributed by atoms with Crippen LogP contribution in [0.1, 0.15) is 17.4 Å². The van der Waals surface area contributed by atoms with E-state index in [0.29, 0.717) is 13.1 Å². The van der Waals surface area contributed by atoms with Crippen molar-refractivity contribution >= 4 is 23.3 Å². The SMILES string of the molecule is COc1ccccc1CN(Cc1cccs1)C(=O)C(C)NC(N)=O. The number of nitrogens with two attached hydrogens (primary N) is 1. The number of amides is 3. The zero-order chi connectivity index (χ0) is 17.5. The third-order valence-corrected chi connectivity index (χ3v) is 4.38. The lowest BCUT2D eigenvalue weighted by Crippen LogP contribution is -2.48. The maximum Gasteiger partial charge on any atom is 0.312 e. The van der Waals surface area contributed by atoms with Gasteiger partial charge in [-0.25, -0.2) is 4.79 Å². The van der Waals surface area contributed by atoms with E-state index in [1.165, 1.54) is 0 Å². The first kappa shape index (κ1) is 17.8. The quantitative estimate of drug-likeness (QED) is 0.806. The lowest BCUT2D eigenvalue weighted by atomic mass is 10.1. The first-order chi connectivity index (χ1) is 11.5. The van der Waals surface area contributed by atoms with Crippen molar-refractivity contribution in [2.24, 2.45) is 5.73 Å². The number of hydrogen-bond acceptors (Lipinski definition) is 4. The Bertz CT molecular complexity index is 688. The van der Waals surface area contributed by atoms with E-state index in [0.717, 1.165) is 16.2 Å². The standard InChI is InChI=1S/C17H21N3O3S/c1-12(19-17(18)22)16(21)20(11-14-7-5-9-24-14)10-13-6-3-4-8-15(13)23-2/h3-9,12H,10-11H2,1-2H3,(H3,18,19,22). The molecular formula is C17H21N3O3S. The van der Waals surface area contributed by atoms with Crippen LogP contribution in [0.3, 0.4) is 0 Å². The molecule has 3 N–H and O–H groups in total. The highest BCUT2D eigenvalue weighted by Gasteiger charge is 2.23. The molecule has 128 valence electrons. The fraction of sp³-hybridized carbons (Fsp3) is 0.294. The number of nitrogens with one attached hydrogen (secondary N) is 1. The summed E-state index contributed by atoms with van der Waals surface area (Å²) in [6, 6.07) is 10.0. The number of ether oxygens (including phenoxy) is 1. The van der Waals surface area contributed by atoms with E-state index >= 15 is 0 Å². The normalized spacial score (nSPS) is 11.6. The number of nitrogens with zero attached hydrogens (tertiary/aromatic N) is 1. The molecule has 24 heavy (non-hydrogen) atoms. The van der Waals surface area contributed by atoms with E-state index in [1.54, 1.807) is 30.3 Å². The molecular weight excluding hydrogens is 326 g/mol. The number of urea groups is 1. The van der Waals surface area contributed by atoms with Gasteiger partial charge in [0.05, 0.1) is 13.7 Å². The van der Waals surface area contributed by atoms with Gasteiger partial charge >= 0.3 is 6.03 Å². The summed E-state index contributed by atoms with van der Waals surface area (Å²) < 4.78 is 5.36. The minimum atomic E-state index is -0.718. The predicted molar refractivity (Wildman–Crippen MR) is 93.7 cm³/mol. The molecule has 7 heteroatoms. The lowest BCUT2D eigenvalue weighted by molar-refractivity contribution is -0.134. The van der Waals surface area contributed by atoms with Gasteiger partial charge in [0.25, 0.3) is 0 Å². The molecule has 0 aliphatic rings. The zero-order valence-corrected chi connectivity index (χ0v) is 14.5. The van der Waals surface area contributed by atoms with Gasteiger partial charge in [-0.15, -0.1) is 11.3 Å². The number of rotatable bonds is 7. The van der Waals surface area contributed by atoms with Crippen LogP contribution in [-0.2, 0) is 17.9 Å². The molecule has 0 aliphatic carbocycles. The molecule has 0 aliphatic heterocycles. The van der Waals surface area contributed by atoms with Crippen molar-refractivity contribution in [2.75, 3.05) is 7.11 Å². The summed E-state index contributed by atoms with van der Waals surface area (Å²) in [7, 11) is 1.60. The number of hydrogen-bond donors (Lipinski definition) is 2. The Kier molecular flexibility index (Phi) is 6.20. The maximum atomic E-state index is 12.7. The van der Waals surface area contributed by atoms with Gasteiger partial charge in [0.1, 0.15) is 11.8 Å². The number of thiophene rings is 1. The molecule has 1 aromatic carbocycles. The molecule has 2 aromatic rings. The van der Waals surface area contributed by atoms with Gasteiger partial charge in [-0.1, -0.05) is 24.3 Å². The molecule has 1 aromatic heterocycles. The summed E-state index contributed by atoms with van der Waals surface area (Å²) in [6.07, 6.45) is 0. The summed E-state index contributed by atoms with van der Waals surface area (Å²) in [5.74, 6) is 0.519. The van der Waals surface area contributed by atoms with Gasteiger partial charge in [-0.05, 0) is 24.4 Å². The van der Waals surface area contributed by atoms with E-state index < -0.39 is 12.1 Å². The Labute approximate surface area is 145 Å². The molecule has 3 amide bonds. The van der Waals surface area contributed by atoms with Crippen LogP contribution >= 0.6 is 11.3 Å². The van der Waals surface area contributed by atoms with Crippen LogP contribution in [0.2, 0.25) is 0 Å². The molecule has 0 fully saturated rings. The molecule has 0 radical (unpaired) electrons. The first-order valence-corrected chi connectivity index (χ1v) is 8.38. The van der Waals surface area contributed by atoms with E-state index in [2.05, 4.69) is 5.32 Å². The monoisotopic (exact) mass is 347 g/mol. The third kappa shape index (κ3) is 4.73. The van der Waals surface area contributed by atoms with E-state index in [4.69, 9.17) is 10.5 Å². The first-order valence-electron chi connectivity index (χ1n) is 7.50. The van der Waals surface area contributed by atoms with Gasteiger partial charge in [0.15, 0.2) is 0 Å². The minimum absolute atomic E-state index is 0.201. The molecule has 1 unspecified atom stereocenters. The Balaban J connectivity index is 2.22. The number of carbonyl (C=O) groups is 2. The van der Waals surface area contributed by atoms with Gasteiger partial charge in [0, 0.05) is 17.0 Å². The van der Waals surface area contributed by atoms with Crippen LogP contribution in [0.5, 0.6) is 5.75 Å². The summed E-state index contributed by atoms with van der Waals surface area (Å²) >= 11 is 1.58. The van der Waals surface area contributed by atoms with Crippen molar-refractivity contribution in [2.45, 2.75) is 26.1 Å². The second kappa shape index (κ2) is 8.35. The van der Waals surface area contributed by atoms with Gasteiger partial charge in [-0.3, -0.25) is 4.79 Å². The molecule has 0 bridgehead atoms. The molecule has 6 nitrogen and oxygen atoms in total. The van der Waals surface area contributed by atoms with Crippen LogP contribution < -0.4 is 15.8 Å². The molecule has 0 saturated heterocycles. The highest BCUT2D eigenvalue weighted by Crippen LogP contribution is 2.22. The minimum Gasteiger partial charge on any atom is -0.496 e. The number of primary amides is 1. The van der Waals surface area contributed by atoms with Crippen LogP contribution in [0.4, 0.5) is 4.79 Å². The third-order valence-electron chi connectivity index (χ3n) is 3.52. The molecule has 0 spiro atoms. The fourth-order valence-electron chi connectivity index (χ4n) is 2.39. The molecule has 1 atom stereocenters. The van der Waals surface area contributed by atoms with Crippen molar-refractivity contribution in [3.8, 4) is 5.75 Å². The molecule has 2 rings (SSSR count). The van der Waals surface area contributed by atoms with Crippen LogP contribution in [0.15, 0.2) is 41.8 Å². The van der Waals surface area contributed by atoms with Crippen molar-refractivity contribution < 1.29 is 14.3 Å². The highest BCUT2D eigenvalue weighted by molar-refractivity contribution is 7.09. The summed E-state index contributed by atoms with van der Waals surface area (Å²) in [4.78, 5) is 26.5. The smallest absolute Gasteiger partial charge is 0.312 e. The number of carbonyl (C=O) groups excluding carboxylic acids is 2. The fourth-order valence-corrected chi connectivity index (χ4v) is 3.11. The Morgan fingerprint density at radius 2 is 2.00 bits per heavy atom. The van der Waals surface area contributed by atoms with E-state index in [1.807, 2.05) is 41.8 Å². The molecule has 0 saturated carbocycles. The Morgan fingerprint density at radius 1 is 1.25 bits per heavy atom. The van der Waals surface area contributed by atoms with Crippen molar-refractivity contribution in [1.29, 1.82) is 0 Å². The Morgan fingerprint density at radius 3 is 2.62 bits per heavy atom. The number of methoxy groups -OCH3 is 1. The largest absolute Gasteiger partial charge is 0.496 e. The van der Waals surface area contributed by atoms with E-state index in [-0.39, 0.29) is 5.91 Å². The van der Waals surface area contributed by atoms with Crippen molar-refractivity contribution in [1.82, 2.24) is 10.2 Å². The maximum absolute atomic E-state index is 12.7. The second-order valence-electron chi connectivity index (χ2n) is 5.32. The zero-order valence-electron chi connectivity index (χ0n) is 13.7. The lowest BCUT2D eigenvalue weighted by Gasteiger charge is -2.26. The van der Waals surface area contributed by atoms with Gasteiger partial charge < -0.3 is 20.7 Å². The summed E-state index contributed by atoms with van der Waals surface area (Å²) in [5.41, 5.74) is 6.03. The van der Waals surface area contributed by atoms with E-state index in [9.17, 15) is 9.59 Å². The summed E-state index contributed by atoms with van der Waals surface area (Å²) in [6.45, 7) is 2.46. The van der Waals surface area contributed by atoms with Crippen LogP contribution in [0, 0.1) is 0 Å². The topological polar surface area (TPSA) is 84.7 Å². The Hall–Kier alpha value is -2.54. The van der Waals surface area contributed by atoms with Crippen molar-refractivity contribution in [3.05, 3.63) is 52.2 Å². The highest BCUT2D eigenvalue weighted by atomic mass is 32.1. The predicted octanol–water partition coefficient (Wildman–Crippen LogP) is 2.34. The van der Waals surface area contributed by atoms with Crippen LogP contribution in [0.25, 0.3) is 0 Å². The van der Waals surface area contributed by atoms with Gasteiger partial charge in [0.2, 0.25) is 5.91 Å². The number of benzene rings is 1. The van der Waals surface area contributed by atoms with Gasteiger partial charge in [-0.2, -0.15) is 0 Å². The molecule has 1 heterocycles. The second-order valence-corrected chi connectivity index (χ2v) is 6.35. The average molecular weight is 347 g/mol.